The van der Waals surface area contributed by atoms with Crippen LogP contribution in [0.3, 0.4) is 0 Å². The quantitative estimate of drug-likeness (QED) is 0.736. The maximum atomic E-state index is 12.6. The zero-order valence-corrected chi connectivity index (χ0v) is 8.61. The average Bonchev–Trinajstić information content (AvgIpc) is 2.04. The summed E-state index contributed by atoms with van der Waals surface area (Å²) in [4.78, 5) is 0. The van der Waals surface area contributed by atoms with Gasteiger partial charge in [0.15, 0.2) is 9.84 Å². The lowest BCUT2D eigenvalue weighted by Gasteiger charge is -2.22. The Balaban J connectivity index is 2.57. The van der Waals surface area contributed by atoms with Crippen molar-refractivity contribution in [3.8, 4) is 0 Å². The first-order valence-electron chi connectivity index (χ1n) is 4.59. The number of halogens is 1. The van der Waals surface area contributed by atoms with Gasteiger partial charge in [0.2, 0.25) is 0 Å². The van der Waals surface area contributed by atoms with Gasteiger partial charge in [-0.1, -0.05) is 0 Å². The molecule has 1 N–H and O–H groups in total. The molecule has 1 fully saturated rings. The van der Waals surface area contributed by atoms with E-state index in [1.807, 2.05) is 0 Å². The molecule has 78 valence electrons. The summed E-state index contributed by atoms with van der Waals surface area (Å²) in [7, 11) is -3.22. The van der Waals surface area contributed by atoms with Crippen LogP contribution in [0.25, 0.3) is 0 Å². The molecule has 0 aromatic heterocycles. The van der Waals surface area contributed by atoms with Crippen molar-refractivity contribution in [2.75, 3.05) is 18.8 Å². The summed E-state index contributed by atoms with van der Waals surface area (Å²) in [6, 6.07) is 0. The molecule has 1 aliphatic rings. The van der Waals surface area contributed by atoms with Gasteiger partial charge in [0, 0.05) is 6.54 Å². The maximum absolute atomic E-state index is 12.6. The van der Waals surface area contributed by atoms with Gasteiger partial charge in [-0.15, -0.1) is 0 Å². The number of rotatable bonds is 3. The highest BCUT2D eigenvalue weighted by molar-refractivity contribution is 7.92. The third-order valence-electron chi connectivity index (χ3n) is 2.22. The molecule has 1 aliphatic heterocycles. The van der Waals surface area contributed by atoms with Gasteiger partial charge < -0.3 is 5.32 Å². The summed E-state index contributed by atoms with van der Waals surface area (Å²) in [5, 5.41) is 2.64. The van der Waals surface area contributed by atoms with Crippen LogP contribution in [0.4, 0.5) is 4.39 Å². The third kappa shape index (κ3) is 3.23. The van der Waals surface area contributed by atoms with Gasteiger partial charge >= 0.3 is 0 Å². The fourth-order valence-corrected chi connectivity index (χ4v) is 3.39. The van der Waals surface area contributed by atoms with Gasteiger partial charge in [-0.2, -0.15) is 0 Å². The monoisotopic (exact) mass is 209 g/mol. The van der Waals surface area contributed by atoms with E-state index in [1.165, 1.54) is 6.92 Å². The van der Waals surface area contributed by atoms with E-state index < -0.39 is 16.0 Å². The Morgan fingerprint density at radius 1 is 1.62 bits per heavy atom. The summed E-state index contributed by atoms with van der Waals surface area (Å²) < 4.78 is 35.6. The van der Waals surface area contributed by atoms with Crippen LogP contribution in [0.1, 0.15) is 19.8 Å². The number of hydrogen-bond donors (Lipinski definition) is 1. The van der Waals surface area contributed by atoms with Crippen molar-refractivity contribution in [2.24, 2.45) is 0 Å². The van der Waals surface area contributed by atoms with Crippen molar-refractivity contribution in [1.82, 2.24) is 5.32 Å². The van der Waals surface area contributed by atoms with Crippen molar-refractivity contribution in [1.29, 1.82) is 0 Å². The zero-order chi connectivity index (χ0) is 9.90. The number of alkyl halides is 1. The molecule has 0 aromatic carbocycles. The second kappa shape index (κ2) is 4.37. The highest BCUT2D eigenvalue weighted by Crippen LogP contribution is 2.14. The van der Waals surface area contributed by atoms with Crippen LogP contribution in [0, 0.1) is 0 Å². The van der Waals surface area contributed by atoms with Crippen LogP contribution < -0.4 is 5.32 Å². The maximum Gasteiger partial charge on any atom is 0.157 e. The van der Waals surface area contributed by atoms with E-state index in [4.69, 9.17) is 0 Å². The van der Waals surface area contributed by atoms with Crippen molar-refractivity contribution >= 4 is 9.84 Å². The van der Waals surface area contributed by atoms with E-state index in [0.29, 0.717) is 13.0 Å². The van der Waals surface area contributed by atoms with Gasteiger partial charge in [-0.3, -0.25) is 0 Å². The molecule has 0 bridgehead atoms. The average molecular weight is 209 g/mol. The minimum atomic E-state index is -3.22. The molecule has 2 unspecified atom stereocenters. The van der Waals surface area contributed by atoms with E-state index in [9.17, 15) is 12.8 Å². The van der Waals surface area contributed by atoms with Crippen LogP contribution >= 0.6 is 0 Å². The normalized spacial score (nSPS) is 27.1. The molecule has 1 rings (SSSR count). The lowest BCUT2D eigenvalue weighted by Crippen LogP contribution is -2.40. The fourth-order valence-electron chi connectivity index (χ4n) is 1.58. The molecule has 1 heterocycles. The van der Waals surface area contributed by atoms with Crippen molar-refractivity contribution in [2.45, 2.75) is 31.2 Å². The SMILES string of the molecule is CC(F)CS(=O)(=O)C1CCCNC1. The largest absolute Gasteiger partial charge is 0.315 e. The number of piperidine rings is 1. The van der Waals surface area contributed by atoms with Crippen LogP contribution in [-0.2, 0) is 9.84 Å². The molecule has 0 spiro atoms. The number of hydrogen-bond acceptors (Lipinski definition) is 3. The molecule has 0 radical (unpaired) electrons. The summed E-state index contributed by atoms with van der Waals surface area (Å²) >= 11 is 0. The Labute approximate surface area is 78.6 Å². The molecular formula is C8H16FNO2S. The molecule has 0 aliphatic carbocycles. The molecule has 0 aromatic rings. The first-order valence-corrected chi connectivity index (χ1v) is 6.30. The van der Waals surface area contributed by atoms with Gasteiger partial charge in [-0.25, -0.2) is 12.8 Å². The highest BCUT2D eigenvalue weighted by Gasteiger charge is 2.28. The Morgan fingerprint density at radius 2 is 2.31 bits per heavy atom. The lowest BCUT2D eigenvalue weighted by molar-refractivity contribution is 0.388. The summed E-state index contributed by atoms with van der Waals surface area (Å²) in [5.41, 5.74) is 0. The van der Waals surface area contributed by atoms with E-state index in [2.05, 4.69) is 5.32 Å². The van der Waals surface area contributed by atoms with Gasteiger partial charge in [-0.05, 0) is 26.3 Å². The minimum Gasteiger partial charge on any atom is -0.315 e. The summed E-state index contributed by atoms with van der Waals surface area (Å²) in [6.07, 6.45) is 0.277. The van der Waals surface area contributed by atoms with Crippen LogP contribution in [0.5, 0.6) is 0 Å². The molecule has 0 amide bonds. The Hall–Kier alpha value is -0.160. The predicted molar refractivity (Wildman–Crippen MR) is 50.2 cm³/mol. The summed E-state index contributed by atoms with van der Waals surface area (Å²) in [5.74, 6) is -0.334. The van der Waals surface area contributed by atoms with Crippen LogP contribution in [0.15, 0.2) is 0 Å². The molecule has 5 heteroatoms. The second-order valence-corrected chi connectivity index (χ2v) is 5.90. The second-order valence-electron chi connectivity index (χ2n) is 3.58. The van der Waals surface area contributed by atoms with E-state index in [-0.39, 0.29) is 11.0 Å². The zero-order valence-electron chi connectivity index (χ0n) is 7.79. The Morgan fingerprint density at radius 3 is 2.77 bits per heavy atom. The van der Waals surface area contributed by atoms with Gasteiger partial charge in [0.05, 0.1) is 11.0 Å². The van der Waals surface area contributed by atoms with E-state index in [0.717, 1.165) is 13.0 Å². The van der Waals surface area contributed by atoms with Crippen LogP contribution in [-0.4, -0.2) is 38.7 Å². The summed E-state index contributed by atoms with van der Waals surface area (Å²) in [6.45, 7) is 2.64. The molecule has 3 nitrogen and oxygen atoms in total. The Kier molecular flexibility index (Phi) is 3.67. The lowest BCUT2D eigenvalue weighted by atomic mass is 10.2. The number of nitrogens with one attached hydrogen (secondary N) is 1. The topological polar surface area (TPSA) is 46.2 Å². The first-order chi connectivity index (χ1) is 6.02. The number of sulfone groups is 1. The van der Waals surface area contributed by atoms with Crippen molar-refractivity contribution in [3.05, 3.63) is 0 Å². The van der Waals surface area contributed by atoms with E-state index >= 15 is 0 Å². The standard InChI is InChI=1S/C8H16FNO2S/c1-7(9)6-13(11,12)8-3-2-4-10-5-8/h7-8,10H,2-6H2,1H3. The van der Waals surface area contributed by atoms with E-state index in [1.54, 1.807) is 0 Å². The minimum absolute atomic E-state index is 0.334. The van der Waals surface area contributed by atoms with Gasteiger partial charge in [0.1, 0.15) is 6.17 Å². The molecule has 2 atom stereocenters. The third-order valence-corrected chi connectivity index (χ3v) is 4.56. The smallest absolute Gasteiger partial charge is 0.157 e. The van der Waals surface area contributed by atoms with Gasteiger partial charge in [0.25, 0.3) is 0 Å². The Bertz CT molecular complexity index is 245. The molecular weight excluding hydrogens is 193 g/mol. The van der Waals surface area contributed by atoms with Crippen molar-refractivity contribution < 1.29 is 12.8 Å². The van der Waals surface area contributed by atoms with Crippen molar-refractivity contribution in [3.63, 3.8) is 0 Å². The highest BCUT2D eigenvalue weighted by atomic mass is 32.2. The first kappa shape index (κ1) is 10.9. The molecule has 1 saturated heterocycles. The van der Waals surface area contributed by atoms with Crippen LogP contribution in [0.2, 0.25) is 0 Å². The predicted octanol–water partition coefficient (Wildman–Crippen LogP) is 0.511. The molecule has 0 saturated carbocycles. The molecule has 13 heavy (non-hydrogen) atoms. The fraction of sp³-hybridized carbons (Fsp3) is 1.00.